The van der Waals surface area contributed by atoms with Gasteiger partial charge < -0.3 is 31.5 Å². The fraction of sp³-hybridized carbons (Fsp3) is 0.111. The monoisotopic (exact) mass is 552 g/mol. The number of urea groups is 1. The molecule has 0 saturated heterocycles. The molecule has 13 heteroatoms. The van der Waals surface area contributed by atoms with Gasteiger partial charge in [-0.05, 0) is 54.6 Å². The molecule has 0 bridgehead atoms. The van der Waals surface area contributed by atoms with Gasteiger partial charge in [0.25, 0.3) is 5.91 Å². The number of halogens is 3. The van der Waals surface area contributed by atoms with Gasteiger partial charge >= 0.3 is 12.2 Å². The molecular formula is C27H23F3N6O4. The van der Waals surface area contributed by atoms with Crippen molar-refractivity contribution in [2.45, 2.75) is 6.18 Å². The van der Waals surface area contributed by atoms with Crippen LogP contribution in [0.1, 0.15) is 15.9 Å². The van der Waals surface area contributed by atoms with Gasteiger partial charge in [0.1, 0.15) is 5.75 Å². The van der Waals surface area contributed by atoms with E-state index in [0.29, 0.717) is 28.3 Å². The van der Waals surface area contributed by atoms with Crippen LogP contribution in [0.5, 0.6) is 11.6 Å². The molecule has 0 saturated carbocycles. The zero-order valence-corrected chi connectivity index (χ0v) is 20.7. The van der Waals surface area contributed by atoms with Crippen molar-refractivity contribution in [2.24, 2.45) is 0 Å². The van der Waals surface area contributed by atoms with Gasteiger partial charge in [0, 0.05) is 35.1 Å². The molecule has 40 heavy (non-hydrogen) atoms. The van der Waals surface area contributed by atoms with Gasteiger partial charge in [-0.3, -0.25) is 4.79 Å². The number of nitrogen functional groups attached to an aromatic ring is 1. The van der Waals surface area contributed by atoms with E-state index in [0.717, 1.165) is 12.1 Å². The summed E-state index contributed by atoms with van der Waals surface area (Å²) in [6.45, 7) is -0.0154. The van der Waals surface area contributed by atoms with E-state index in [1.807, 2.05) is 0 Å². The topological polar surface area (TPSA) is 151 Å². The number of nitrogens with zero attached hydrogens (tertiary/aromatic N) is 2. The Hall–Kier alpha value is -5.17. The highest BCUT2D eigenvalue weighted by Gasteiger charge is 2.30. The van der Waals surface area contributed by atoms with Crippen molar-refractivity contribution in [2.75, 3.05) is 29.5 Å². The van der Waals surface area contributed by atoms with Crippen molar-refractivity contribution in [3.63, 3.8) is 0 Å². The number of aliphatic hydroxyl groups is 1. The first kappa shape index (κ1) is 27.9. The van der Waals surface area contributed by atoms with Gasteiger partial charge in [0.05, 0.1) is 17.9 Å². The fourth-order valence-electron chi connectivity index (χ4n) is 3.50. The number of nitrogens with one attached hydrogen (secondary N) is 3. The highest BCUT2D eigenvalue weighted by Crippen LogP contribution is 2.31. The zero-order valence-electron chi connectivity index (χ0n) is 20.7. The van der Waals surface area contributed by atoms with E-state index in [9.17, 15) is 22.8 Å². The Morgan fingerprint density at radius 2 is 1.60 bits per heavy atom. The molecule has 0 atom stereocenters. The average molecular weight is 553 g/mol. The van der Waals surface area contributed by atoms with Gasteiger partial charge in [-0.15, -0.1) is 0 Å². The molecular weight excluding hydrogens is 529 g/mol. The molecule has 3 aromatic carbocycles. The Morgan fingerprint density at radius 3 is 2.27 bits per heavy atom. The van der Waals surface area contributed by atoms with Crippen molar-refractivity contribution in [3.8, 4) is 22.9 Å². The number of carbonyl (C=O) groups is 2. The lowest BCUT2D eigenvalue weighted by Gasteiger charge is -2.11. The second kappa shape index (κ2) is 12.1. The predicted octanol–water partition coefficient (Wildman–Crippen LogP) is 4.90. The molecule has 1 aromatic heterocycles. The predicted molar refractivity (Wildman–Crippen MR) is 142 cm³/mol. The lowest BCUT2D eigenvalue weighted by atomic mass is 10.1. The van der Waals surface area contributed by atoms with Crippen LogP contribution in [-0.4, -0.2) is 40.2 Å². The van der Waals surface area contributed by atoms with Crippen LogP contribution < -0.4 is 26.4 Å². The summed E-state index contributed by atoms with van der Waals surface area (Å²) in [5.74, 6) is 0.152. The normalized spacial score (nSPS) is 11.0. The largest absolute Gasteiger partial charge is 0.439 e. The third-order valence-corrected chi connectivity index (χ3v) is 5.34. The smallest absolute Gasteiger partial charge is 0.416 e. The van der Waals surface area contributed by atoms with Crippen LogP contribution in [0.4, 0.5) is 35.3 Å². The van der Waals surface area contributed by atoms with E-state index >= 15 is 0 Å². The van der Waals surface area contributed by atoms with E-state index in [1.165, 1.54) is 24.3 Å². The van der Waals surface area contributed by atoms with Crippen molar-refractivity contribution < 1.29 is 32.6 Å². The summed E-state index contributed by atoms with van der Waals surface area (Å²) < 4.78 is 44.4. The maximum atomic E-state index is 12.9. The lowest BCUT2D eigenvalue weighted by Crippen LogP contribution is -2.26. The third-order valence-electron chi connectivity index (χ3n) is 5.34. The summed E-state index contributed by atoms with van der Waals surface area (Å²) in [5.41, 5.74) is 6.85. The Bertz CT molecular complexity index is 1500. The number of hydrogen-bond acceptors (Lipinski definition) is 7. The molecule has 206 valence electrons. The maximum absolute atomic E-state index is 12.9. The quantitative estimate of drug-likeness (QED) is 0.208. The minimum Gasteiger partial charge on any atom is -0.439 e. The Balaban J connectivity index is 1.39. The summed E-state index contributed by atoms with van der Waals surface area (Å²) in [7, 11) is 0. The number of nitrogens with two attached hydrogens (primary N) is 1. The highest BCUT2D eigenvalue weighted by atomic mass is 19.4. The molecule has 0 aliphatic rings. The van der Waals surface area contributed by atoms with Crippen LogP contribution in [0.25, 0.3) is 11.3 Å². The number of alkyl halides is 3. The molecule has 1 heterocycles. The molecule has 0 radical (unpaired) electrons. The van der Waals surface area contributed by atoms with E-state index in [2.05, 4.69) is 25.9 Å². The molecule has 0 aliphatic carbocycles. The molecule has 10 nitrogen and oxygen atoms in total. The van der Waals surface area contributed by atoms with Gasteiger partial charge in [-0.1, -0.05) is 18.2 Å². The SMILES string of the molecule is Nc1nc(Oc2ccc(NC(=O)Nc3cccc(C(F)(F)F)c3)cc2)cc(-c2ccc(C(=O)NCCO)cc2)n1. The molecule has 3 amide bonds. The Morgan fingerprint density at radius 1 is 0.900 bits per heavy atom. The first-order chi connectivity index (χ1) is 19.1. The van der Waals surface area contributed by atoms with E-state index < -0.39 is 17.8 Å². The van der Waals surface area contributed by atoms with Crippen LogP contribution in [0.15, 0.2) is 78.9 Å². The highest BCUT2D eigenvalue weighted by molar-refractivity contribution is 5.99. The first-order valence-corrected chi connectivity index (χ1v) is 11.8. The molecule has 0 aliphatic heterocycles. The second-order valence-electron chi connectivity index (χ2n) is 8.29. The lowest BCUT2D eigenvalue weighted by molar-refractivity contribution is -0.137. The van der Waals surface area contributed by atoms with Crippen LogP contribution in [0, 0.1) is 0 Å². The number of rotatable bonds is 8. The summed E-state index contributed by atoms with van der Waals surface area (Å²) in [6.07, 6.45) is -4.53. The van der Waals surface area contributed by atoms with Gasteiger partial charge in [-0.2, -0.15) is 18.2 Å². The van der Waals surface area contributed by atoms with Gasteiger partial charge in [-0.25, -0.2) is 9.78 Å². The Labute approximate surface area is 226 Å². The number of ether oxygens (including phenoxy) is 1. The summed E-state index contributed by atoms with van der Waals surface area (Å²) in [4.78, 5) is 32.5. The molecule has 0 fully saturated rings. The third kappa shape index (κ3) is 7.45. The van der Waals surface area contributed by atoms with Crippen LogP contribution in [-0.2, 0) is 6.18 Å². The second-order valence-corrected chi connectivity index (χ2v) is 8.29. The fourth-order valence-corrected chi connectivity index (χ4v) is 3.50. The van der Waals surface area contributed by atoms with Crippen molar-refractivity contribution in [3.05, 3.63) is 90.0 Å². The zero-order chi connectivity index (χ0) is 28.7. The minimum atomic E-state index is -4.53. The number of amides is 3. The van der Waals surface area contributed by atoms with E-state index in [1.54, 1.807) is 42.5 Å². The number of hydrogen-bond donors (Lipinski definition) is 5. The van der Waals surface area contributed by atoms with E-state index in [4.69, 9.17) is 15.6 Å². The van der Waals surface area contributed by atoms with Crippen LogP contribution in [0.3, 0.4) is 0 Å². The number of anilines is 3. The maximum Gasteiger partial charge on any atom is 0.416 e. The summed E-state index contributed by atoms with van der Waals surface area (Å²) in [5, 5.41) is 16.3. The van der Waals surface area contributed by atoms with E-state index in [-0.39, 0.29) is 36.6 Å². The standard InChI is InChI=1S/C27H23F3N6O4/c28-27(29,30)18-2-1-3-20(14-18)34-26(39)33-19-8-10-21(11-9-19)40-23-15-22(35-25(31)36-23)16-4-6-17(7-5-16)24(38)32-12-13-37/h1-11,14-15,37H,12-13H2,(H,32,38)(H2,31,35,36)(H2,33,34,39). The molecule has 4 aromatic rings. The molecule has 6 N–H and O–H groups in total. The summed E-state index contributed by atoms with van der Waals surface area (Å²) >= 11 is 0. The van der Waals surface area contributed by atoms with Gasteiger partial charge in [0.2, 0.25) is 11.8 Å². The van der Waals surface area contributed by atoms with Crippen LogP contribution in [0.2, 0.25) is 0 Å². The van der Waals surface area contributed by atoms with Crippen molar-refractivity contribution >= 4 is 29.3 Å². The number of aromatic nitrogens is 2. The Kier molecular flexibility index (Phi) is 8.45. The molecule has 4 rings (SSSR count). The molecule has 0 spiro atoms. The minimum absolute atomic E-state index is 0.0102. The van der Waals surface area contributed by atoms with Gasteiger partial charge in [0.15, 0.2) is 0 Å². The average Bonchev–Trinajstić information content (AvgIpc) is 2.92. The van der Waals surface area contributed by atoms with Crippen LogP contribution >= 0.6 is 0 Å². The number of aliphatic hydroxyl groups excluding tert-OH is 1. The summed E-state index contributed by atoms with van der Waals surface area (Å²) in [6, 6.07) is 17.9. The first-order valence-electron chi connectivity index (χ1n) is 11.8. The van der Waals surface area contributed by atoms with Crippen molar-refractivity contribution in [1.29, 1.82) is 0 Å². The number of benzene rings is 3. The van der Waals surface area contributed by atoms with Crippen molar-refractivity contribution in [1.82, 2.24) is 15.3 Å². The number of carbonyl (C=O) groups excluding carboxylic acids is 2. The molecule has 0 unspecified atom stereocenters.